The monoisotopic (exact) mass is 309 g/mol. The zero-order chi connectivity index (χ0) is 13.2. The summed E-state index contributed by atoms with van der Waals surface area (Å²) in [4.78, 5) is 0. The first kappa shape index (κ1) is 13.4. The summed E-state index contributed by atoms with van der Waals surface area (Å²) < 4.78 is 5.99. The SMILES string of the molecule is COc1ccc(Br)c(C(O)C2(C#N)CCCC2)c1. The van der Waals surface area contributed by atoms with Crippen molar-refractivity contribution >= 4 is 15.9 Å². The Bertz CT molecular complexity index is 475. The van der Waals surface area contributed by atoms with E-state index in [0.717, 1.165) is 35.7 Å². The predicted octanol–water partition coefficient (Wildman–Crippen LogP) is 3.58. The van der Waals surface area contributed by atoms with Crippen LogP contribution in [0.15, 0.2) is 22.7 Å². The third kappa shape index (κ3) is 2.25. The van der Waals surface area contributed by atoms with E-state index < -0.39 is 11.5 Å². The smallest absolute Gasteiger partial charge is 0.119 e. The van der Waals surface area contributed by atoms with E-state index in [1.807, 2.05) is 12.1 Å². The minimum atomic E-state index is -0.769. The molecule has 0 radical (unpaired) electrons. The molecule has 1 aliphatic carbocycles. The molecule has 0 amide bonds. The fourth-order valence-corrected chi connectivity index (χ4v) is 3.07. The normalized spacial score (nSPS) is 19.2. The van der Waals surface area contributed by atoms with Gasteiger partial charge in [0.1, 0.15) is 5.75 Å². The van der Waals surface area contributed by atoms with E-state index in [4.69, 9.17) is 4.74 Å². The Morgan fingerprint density at radius 3 is 2.67 bits per heavy atom. The molecule has 1 aromatic rings. The summed E-state index contributed by atoms with van der Waals surface area (Å²) in [7, 11) is 1.59. The average molecular weight is 310 g/mol. The van der Waals surface area contributed by atoms with Crippen LogP contribution < -0.4 is 4.74 Å². The molecule has 3 nitrogen and oxygen atoms in total. The molecule has 0 spiro atoms. The summed E-state index contributed by atoms with van der Waals surface area (Å²) in [6.07, 6.45) is 2.76. The first-order valence-electron chi connectivity index (χ1n) is 6.06. The molecule has 18 heavy (non-hydrogen) atoms. The molecule has 0 aromatic heterocycles. The summed E-state index contributed by atoms with van der Waals surface area (Å²) in [6, 6.07) is 7.80. The lowest BCUT2D eigenvalue weighted by Crippen LogP contribution is -2.24. The highest BCUT2D eigenvalue weighted by Crippen LogP contribution is 2.48. The second kappa shape index (κ2) is 5.29. The third-order valence-corrected chi connectivity index (χ3v) is 4.46. The molecule has 1 unspecified atom stereocenters. The minimum Gasteiger partial charge on any atom is -0.497 e. The van der Waals surface area contributed by atoms with Gasteiger partial charge in [0.2, 0.25) is 0 Å². The van der Waals surface area contributed by atoms with Crippen LogP contribution >= 0.6 is 15.9 Å². The number of methoxy groups -OCH3 is 1. The van der Waals surface area contributed by atoms with Crippen molar-refractivity contribution in [3.8, 4) is 11.8 Å². The number of aliphatic hydroxyl groups is 1. The van der Waals surface area contributed by atoms with Crippen LogP contribution in [-0.4, -0.2) is 12.2 Å². The number of hydrogen-bond donors (Lipinski definition) is 1. The first-order valence-corrected chi connectivity index (χ1v) is 6.85. The Kier molecular flexibility index (Phi) is 3.94. The lowest BCUT2D eigenvalue weighted by molar-refractivity contribution is 0.0663. The van der Waals surface area contributed by atoms with Gasteiger partial charge in [-0.05, 0) is 36.6 Å². The summed E-state index contributed by atoms with van der Waals surface area (Å²) in [5.74, 6) is 0.693. The molecule has 4 heteroatoms. The fraction of sp³-hybridized carbons (Fsp3) is 0.500. The zero-order valence-corrected chi connectivity index (χ0v) is 11.9. The van der Waals surface area contributed by atoms with Crippen LogP contribution in [0.4, 0.5) is 0 Å². The number of halogens is 1. The number of nitriles is 1. The van der Waals surface area contributed by atoms with Gasteiger partial charge in [-0.3, -0.25) is 0 Å². The standard InChI is InChI=1S/C14H16BrNO2/c1-18-10-4-5-12(15)11(8-10)13(17)14(9-16)6-2-3-7-14/h4-5,8,13,17H,2-3,6-7H2,1H3. The van der Waals surface area contributed by atoms with E-state index in [1.54, 1.807) is 13.2 Å². The number of ether oxygens (including phenoxy) is 1. The third-order valence-electron chi connectivity index (χ3n) is 3.74. The van der Waals surface area contributed by atoms with Crippen LogP contribution in [0.2, 0.25) is 0 Å². The van der Waals surface area contributed by atoms with Crippen molar-refractivity contribution in [1.29, 1.82) is 5.26 Å². The van der Waals surface area contributed by atoms with Crippen molar-refractivity contribution in [1.82, 2.24) is 0 Å². The highest BCUT2D eigenvalue weighted by Gasteiger charge is 2.42. The predicted molar refractivity (Wildman–Crippen MR) is 72.2 cm³/mol. The lowest BCUT2D eigenvalue weighted by Gasteiger charge is -2.28. The van der Waals surface area contributed by atoms with Gasteiger partial charge in [-0.25, -0.2) is 0 Å². The van der Waals surface area contributed by atoms with Crippen LogP contribution in [0.25, 0.3) is 0 Å². The second-order valence-electron chi connectivity index (χ2n) is 4.77. The molecule has 2 rings (SSSR count). The van der Waals surface area contributed by atoms with Crippen molar-refractivity contribution in [2.75, 3.05) is 7.11 Å². The van der Waals surface area contributed by atoms with Crippen molar-refractivity contribution in [2.24, 2.45) is 5.41 Å². The van der Waals surface area contributed by atoms with Crippen molar-refractivity contribution in [2.45, 2.75) is 31.8 Å². The number of rotatable bonds is 3. The van der Waals surface area contributed by atoms with Gasteiger partial charge >= 0.3 is 0 Å². The topological polar surface area (TPSA) is 53.2 Å². The Morgan fingerprint density at radius 2 is 2.11 bits per heavy atom. The zero-order valence-electron chi connectivity index (χ0n) is 10.3. The van der Waals surface area contributed by atoms with Gasteiger partial charge in [0, 0.05) is 4.47 Å². The quantitative estimate of drug-likeness (QED) is 0.928. The average Bonchev–Trinajstić information content (AvgIpc) is 2.88. The number of nitrogens with zero attached hydrogens (tertiary/aromatic N) is 1. The molecule has 1 saturated carbocycles. The Labute approximate surface area is 116 Å². The van der Waals surface area contributed by atoms with Crippen LogP contribution in [0.1, 0.15) is 37.4 Å². The van der Waals surface area contributed by atoms with Crippen LogP contribution in [0.5, 0.6) is 5.75 Å². The Morgan fingerprint density at radius 1 is 1.44 bits per heavy atom. The van der Waals surface area contributed by atoms with E-state index in [9.17, 15) is 10.4 Å². The Hall–Kier alpha value is -1.05. The highest BCUT2D eigenvalue weighted by atomic mass is 79.9. The van der Waals surface area contributed by atoms with Crippen molar-refractivity contribution in [3.63, 3.8) is 0 Å². The van der Waals surface area contributed by atoms with Crippen LogP contribution in [0.3, 0.4) is 0 Å². The summed E-state index contributed by atoms with van der Waals surface area (Å²) >= 11 is 3.44. The van der Waals surface area contributed by atoms with Crippen LogP contribution in [0, 0.1) is 16.7 Å². The second-order valence-corrected chi connectivity index (χ2v) is 5.62. The minimum absolute atomic E-state index is 0.644. The molecular weight excluding hydrogens is 294 g/mol. The van der Waals surface area contributed by atoms with Crippen LogP contribution in [-0.2, 0) is 0 Å². The van der Waals surface area contributed by atoms with E-state index >= 15 is 0 Å². The van der Waals surface area contributed by atoms with Gasteiger partial charge in [-0.15, -0.1) is 0 Å². The molecule has 0 saturated heterocycles. The van der Waals surface area contributed by atoms with E-state index in [1.165, 1.54) is 0 Å². The van der Waals surface area contributed by atoms with E-state index in [-0.39, 0.29) is 0 Å². The lowest BCUT2D eigenvalue weighted by atomic mass is 9.79. The summed E-state index contributed by atoms with van der Waals surface area (Å²) in [5.41, 5.74) is 0.0901. The maximum absolute atomic E-state index is 10.6. The van der Waals surface area contributed by atoms with Gasteiger partial charge in [0.15, 0.2) is 0 Å². The molecule has 1 aromatic carbocycles. The van der Waals surface area contributed by atoms with Gasteiger partial charge in [-0.1, -0.05) is 28.8 Å². The molecule has 1 atom stereocenters. The number of benzene rings is 1. The van der Waals surface area contributed by atoms with E-state index in [0.29, 0.717) is 5.75 Å². The maximum Gasteiger partial charge on any atom is 0.119 e. The van der Waals surface area contributed by atoms with Gasteiger partial charge in [-0.2, -0.15) is 5.26 Å². The summed E-state index contributed by atoms with van der Waals surface area (Å²) in [5, 5.41) is 20.0. The molecule has 1 N–H and O–H groups in total. The Balaban J connectivity index is 2.39. The van der Waals surface area contributed by atoms with Crippen molar-refractivity contribution < 1.29 is 9.84 Å². The molecule has 0 bridgehead atoms. The fourth-order valence-electron chi connectivity index (χ4n) is 2.61. The van der Waals surface area contributed by atoms with Gasteiger partial charge in [0.25, 0.3) is 0 Å². The molecule has 1 fully saturated rings. The molecule has 0 heterocycles. The van der Waals surface area contributed by atoms with Gasteiger partial charge < -0.3 is 9.84 Å². The molecular formula is C14H16BrNO2. The van der Waals surface area contributed by atoms with Gasteiger partial charge in [0.05, 0.1) is 24.7 Å². The molecule has 96 valence electrons. The summed E-state index contributed by atoms with van der Waals surface area (Å²) in [6.45, 7) is 0. The number of aliphatic hydroxyl groups excluding tert-OH is 1. The number of hydrogen-bond acceptors (Lipinski definition) is 3. The largest absolute Gasteiger partial charge is 0.497 e. The maximum atomic E-state index is 10.6. The van der Waals surface area contributed by atoms with E-state index in [2.05, 4.69) is 22.0 Å². The van der Waals surface area contributed by atoms with Crippen molar-refractivity contribution in [3.05, 3.63) is 28.2 Å². The molecule has 1 aliphatic rings. The first-order chi connectivity index (χ1) is 8.63. The highest BCUT2D eigenvalue weighted by molar-refractivity contribution is 9.10. The molecule has 0 aliphatic heterocycles.